The Balaban J connectivity index is 1.45. The molecule has 1 aliphatic rings. The Morgan fingerprint density at radius 2 is 1.56 bits per heavy atom. The number of nitrogens with zero attached hydrogens (tertiary/aromatic N) is 2. The summed E-state index contributed by atoms with van der Waals surface area (Å²) in [6, 6.07) is 24.7. The van der Waals surface area contributed by atoms with Gasteiger partial charge < -0.3 is 14.4 Å². The van der Waals surface area contributed by atoms with E-state index in [9.17, 15) is 9.59 Å². The van der Waals surface area contributed by atoms with Crippen molar-refractivity contribution in [2.24, 2.45) is 0 Å². The highest BCUT2D eigenvalue weighted by Crippen LogP contribution is 2.26. The van der Waals surface area contributed by atoms with Crippen LogP contribution in [-0.4, -0.2) is 61.6 Å². The van der Waals surface area contributed by atoms with Crippen LogP contribution in [0, 0.1) is 0 Å². The molecule has 1 atom stereocenters. The quantitative estimate of drug-likeness (QED) is 0.491. The molecule has 0 aliphatic carbocycles. The molecule has 1 amide bonds. The van der Waals surface area contributed by atoms with Crippen LogP contribution in [0.2, 0.25) is 0 Å². The third-order valence-electron chi connectivity index (χ3n) is 6.12. The van der Waals surface area contributed by atoms with E-state index in [1.54, 1.807) is 7.11 Å². The largest absolute Gasteiger partial charge is 0.497 e. The lowest BCUT2D eigenvalue weighted by Gasteiger charge is -2.38. The van der Waals surface area contributed by atoms with Crippen molar-refractivity contribution in [1.82, 2.24) is 9.80 Å². The molecule has 6 nitrogen and oxygen atoms in total. The van der Waals surface area contributed by atoms with E-state index in [4.69, 9.17) is 9.47 Å². The van der Waals surface area contributed by atoms with Crippen molar-refractivity contribution in [2.75, 3.05) is 39.9 Å². The molecule has 4 rings (SSSR count). The Morgan fingerprint density at radius 1 is 0.853 bits per heavy atom. The third-order valence-corrected chi connectivity index (χ3v) is 6.12. The van der Waals surface area contributed by atoms with Crippen molar-refractivity contribution in [2.45, 2.75) is 13.0 Å². The van der Waals surface area contributed by atoms with Crippen LogP contribution in [0.15, 0.2) is 78.9 Å². The Hall–Kier alpha value is -3.64. The summed E-state index contributed by atoms with van der Waals surface area (Å²) in [6.45, 7) is 4.45. The van der Waals surface area contributed by atoms with E-state index >= 15 is 0 Å². The predicted molar refractivity (Wildman–Crippen MR) is 132 cm³/mol. The van der Waals surface area contributed by atoms with Crippen LogP contribution < -0.4 is 4.74 Å². The molecule has 34 heavy (non-hydrogen) atoms. The normalized spacial score (nSPS) is 14.9. The van der Waals surface area contributed by atoms with E-state index in [-0.39, 0.29) is 11.9 Å². The summed E-state index contributed by atoms with van der Waals surface area (Å²) < 4.78 is 10.6. The first-order valence-corrected chi connectivity index (χ1v) is 11.6. The van der Waals surface area contributed by atoms with Crippen molar-refractivity contribution < 1.29 is 19.1 Å². The van der Waals surface area contributed by atoms with E-state index in [1.165, 1.54) is 0 Å². The van der Waals surface area contributed by atoms with Gasteiger partial charge in [-0.1, -0.05) is 54.6 Å². The molecular formula is C28H30N2O4. The summed E-state index contributed by atoms with van der Waals surface area (Å²) in [5.74, 6) is 0.550. The molecule has 1 fully saturated rings. The number of methoxy groups -OCH3 is 1. The standard InChI is InChI=1S/C28H30N2O4/c1-3-34-28(32)26(22-8-5-4-6-9-22)29-16-18-30(19-17-29)27(31)24-11-7-10-23(20-24)21-12-14-25(33-2)15-13-21/h4-15,20,26H,3,16-19H2,1-2H3/t26-/m1/s1. The zero-order valence-corrected chi connectivity index (χ0v) is 19.6. The van der Waals surface area contributed by atoms with Crippen molar-refractivity contribution in [3.8, 4) is 16.9 Å². The van der Waals surface area contributed by atoms with E-state index in [0.29, 0.717) is 38.3 Å². The van der Waals surface area contributed by atoms with Crippen molar-refractivity contribution in [3.05, 3.63) is 90.0 Å². The SMILES string of the molecule is CCOC(=O)[C@@H](c1ccccc1)N1CCN(C(=O)c2cccc(-c3ccc(OC)cc3)c2)CC1. The number of carbonyl (C=O) groups excluding carboxylic acids is 2. The second kappa shape index (κ2) is 11.0. The molecule has 6 heteroatoms. The van der Waals surface area contributed by atoms with Gasteiger partial charge in [-0.05, 0) is 47.9 Å². The number of benzene rings is 3. The Morgan fingerprint density at radius 3 is 2.21 bits per heavy atom. The number of ether oxygens (including phenoxy) is 2. The van der Waals surface area contributed by atoms with Crippen LogP contribution in [-0.2, 0) is 9.53 Å². The van der Waals surface area contributed by atoms with Crippen LogP contribution in [0.3, 0.4) is 0 Å². The van der Waals surface area contributed by atoms with E-state index in [1.807, 2.05) is 90.7 Å². The van der Waals surface area contributed by atoms with Gasteiger partial charge in [-0.2, -0.15) is 0 Å². The highest BCUT2D eigenvalue weighted by atomic mass is 16.5. The van der Waals surface area contributed by atoms with Crippen LogP contribution in [0.1, 0.15) is 28.9 Å². The van der Waals surface area contributed by atoms with Crippen LogP contribution in [0.5, 0.6) is 5.75 Å². The summed E-state index contributed by atoms with van der Waals surface area (Å²) in [4.78, 5) is 30.0. The maximum Gasteiger partial charge on any atom is 0.328 e. The number of hydrogen-bond acceptors (Lipinski definition) is 5. The van der Waals surface area contributed by atoms with Gasteiger partial charge >= 0.3 is 5.97 Å². The zero-order chi connectivity index (χ0) is 23.9. The molecule has 0 spiro atoms. The molecule has 0 saturated carbocycles. The molecule has 0 unspecified atom stereocenters. The van der Waals surface area contributed by atoms with Gasteiger partial charge in [-0.3, -0.25) is 9.69 Å². The predicted octanol–water partition coefficient (Wildman–Crippen LogP) is 4.42. The lowest BCUT2D eigenvalue weighted by atomic mass is 10.0. The molecule has 1 saturated heterocycles. The fraction of sp³-hybridized carbons (Fsp3) is 0.286. The van der Waals surface area contributed by atoms with E-state index in [2.05, 4.69) is 4.90 Å². The number of amides is 1. The zero-order valence-electron chi connectivity index (χ0n) is 19.6. The summed E-state index contributed by atoms with van der Waals surface area (Å²) in [5, 5.41) is 0. The lowest BCUT2D eigenvalue weighted by molar-refractivity contribution is -0.150. The minimum absolute atomic E-state index is 0.00223. The highest BCUT2D eigenvalue weighted by Gasteiger charge is 2.32. The van der Waals surface area contributed by atoms with Crippen molar-refractivity contribution in [1.29, 1.82) is 0 Å². The summed E-state index contributed by atoms with van der Waals surface area (Å²) in [5.41, 5.74) is 3.58. The Bertz CT molecular complexity index is 1110. The van der Waals surface area contributed by atoms with Gasteiger partial charge in [-0.15, -0.1) is 0 Å². The number of hydrogen-bond donors (Lipinski definition) is 0. The first kappa shape index (κ1) is 23.5. The van der Waals surface area contributed by atoms with Gasteiger partial charge in [0, 0.05) is 31.7 Å². The minimum Gasteiger partial charge on any atom is -0.497 e. The molecule has 1 aliphatic heterocycles. The van der Waals surface area contributed by atoms with E-state index < -0.39 is 6.04 Å². The maximum absolute atomic E-state index is 13.3. The van der Waals surface area contributed by atoms with Crippen LogP contribution in [0.25, 0.3) is 11.1 Å². The Labute approximate surface area is 200 Å². The fourth-order valence-electron chi connectivity index (χ4n) is 4.33. The number of piperazine rings is 1. The molecule has 0 bridgehead atoms. The topological polar surface area (TPSA) is 59.1 Å². The minimum atomic E-state index is -0.461. The van der Waals surface area contributed by atoms with Crippen molar-refractivity contribution in [3.63, 3.8) is 0 Å². The molecule has 0 aromatic heterocycles. The summed E-state index contributed by atoms with van der Waals surface area (Å²) >= 11 is 0. The van der Waals surface area contributed by atoms with Crippen LogP contribution in [0.4, 0.5) is 0 Å². The average Bonchev–Trinajstić information content (AvgIpc) is 2.90. The monoisotopic (exact) mass is 458 g/mol. The summed E-state index contributed by atoms with van der Waals surface area (Å²) in [7, 11) is 1.64. The van der Waals surface area contributed by atoms with Crippen molar-refractivity contribution >= 4 is 11.9 Å². The smallest absolute Gasteiger partial charge is 0.328 e. The number of rotatable bonds is 7. The maximum atomic E-state index is 13.3. The summed E-state index contributed by atoms with van der Waals surface area (Å²) in [6.07, 6.45) is 0. The lowest BCUT2D eigenvalue weighted by Crippen LogP contribution is -2.51. The number of esters is 1. The molecule has 0 N–H and O–H groups in total. The van der Waals surface area contributed by atoms with Gasteiger partial charge in [0.25, 0.3) is 5.91 Å². The van der Waals surface area contributed by atoms with Gasteiger partial charge in [0.1, 0.15) is 11.8 Å². The first-order valence-electron chi connectivity index (χ1n) is 11.6. The second-order valence-corrected chi connectivity index (χ2v) is 8.20. The van der Waals surface area contributed by atoms with Gasteiger partial charge in [0.05, 0.1) is 13.7 Å². The molecule has 0 radical (unpaired) electrons. The first-order chi connectivity index (χ1) is 16.6. The fourth-order valence-corrected chi connectivity index (χ4v) is 4.33. The second-order valence-electron chi connectivity index (χ2n) is 8.20. The van der Waals surface area contributed by atoms with Gasteiger partial charge in [0.2, 0.25) is 0 Å². The van der Waals surface area contributed by atoms with Crippen LogP contribution >= 0.6 is 0 Å². The van der Waals surface area contributed by atoms with E-state index in [0.717, 1.165) is 22.4 Å². The highest BCUT2D eigenvalue weighted by molar-refractivity contribution is 5.95. The number of carbonyl (C=O) groups is 2. The molecule has 176 valence electrons. The third kappa shape index (κ3) is 5.29. The molecule has 3 aromatic rings. The molecule has 3 aromatic carbocycles. The van der Waals surface area contributed by atoms with Gasteiger partial charge in [0.15, 0.2) is 0 Å². The molecule has 1 heterocycles. The Kier molecular flexibility index (Phi) is 7.60. The average molecular weight is 459 g/mol. The molecular weight excluding hydrogens is 428 g/mol. The van der Waals surface area contributed by atoms with Gasteiger partial charge in [-0.25, -0.2) is 4.79 Å².